The lowest BCUT2D eigenvalue weighted by Crippen LogP contribution is -2.35. The highest BCUT2D eigenvalue weighted by Crippen LogP contribution is 2.26. The number of aromatic hydroxyl groups is 1. The standard InChI is InChI=1S/C25H31N3O3/c1-19(2)15-28-24(29)18-27(25(28)30)16-20-7-9-21(10-8-20)23-6-4-3-5-22(23)17-26-11-13-31-14-12-26/h3-10,18-19,29H,11-17H2,1-2H3. The van der Waals surface area contributed by atoms with Crippen LogP contribution in [0, 0.1) is 5.92 Å². The molecule has 6 nitrogen and oxygen atoms in total. The van der Waals surface area contributed by atoms with Crippen LogP contribution in [0.25, 0.3) is 11.1 Å². The molecule has 0 amide bonds. The van der Waals surface area contributed by atoms with Gasteiger partial charge >= 0.3 is 5.69 Å². The predicted octanol–water partition coefficient (Wildman–Crippen LogP) is 3.56. The molecule has 2 aromatic carbocycles. The SMILES string of the molecule is CC(C)Cn1c(O)cn(Cc2ccc(-c3ccccc3CN3CCOCC3)cc2)c1=O. The summed E-state index contributed by atoms with van der Waals surface area (Å²) in [7, 11) is 0. The molecule has 0 spiro atoms. The van der Waals surface area contributed by atoms with Crippen molar-refractivity contribution in [1.82, 2.24) is 14.0 Å². The number of aromatic nitrogens is 2. The minimum atomic E-state index is -0.175. The molecule has 1 N–H and O–H groups in total. The molecule has 0 atom stereocenters. The van der Waals surface area contributed by atoms with Crippen LogP contribution >= 0.6 is 0 Å². The summed E-state index contributed by atoms with van der Waals surface area (Å²) in [5, 5.41) is 10.1. The average Bonchev–Trinajstić information content (AvgIpc) is 3.02. The first-order chi connectivity index (χ1) is 15.0. The Morgan fingerprint density at radius 1 is 1.00 bits per heavy atom. The minimum Gasteiger partial charge on any atom is -0.493 e. The second-order valence-corrected chi connectivity index (χ2v) is 8.64. The van der Waals surface area contributed by atoms with Gasteiger partial charge in [-0.2, -0.15) is 0 Å². The van der Waals surface area contributed by atoms with Crippen LogP contribution < -0.4 is 5.69 Å². The third kappa shape index (κ3) is 5.09. The lowest BCUT2D eigenvalue weighted by molar-refractivity contribution is 0.0342. The van der Waals surface area contributed by atoms with E-state index in [2.05, 4.69) is 53.4 Å². The number of imidazole rings is 1. The third-order valence-corrected chi connectivity index (χ3v) is 5.71. The number of morpholine rings is 1. The molecule has 1 aliphatic heterocycles. The Morgan fingerprint density at radius 2 is 1.71 bits per heavy atom. The van der Waals surface area contributed by atoms with Gasteiger partial charge in [-0.05, 0) is 28.2 Å². The van der Waals surface area contributed by atoms with Gasteiger partial charge in [0.1, 0.15) is 0 Å². The molecule has 4 rings (SSSR count). The molecule has 31 heavy (non-hydrogen) atoms. The topological polar surface area (TPSA) is 59.6 Å². The highest BCUT2D eigenvalue weighted by Gasteiger charge is 2.14. The summed E-state index contributed by atoms with van der Waals surface area (Å²) in [5.74, 6) is 0.309. The van der Waals surface area contributed by atoms with E-state index in [4.69, 9.17) is 4.74 Å². The van der Waals surface area contributed by atoms with Gasteiger partial charge in [-0.25, -0.2) is 4.79 Å². The van der Waals surface area contributed by atoms with E-state index >= 15 is 0 Å². The number of benzene rings is 2. The highest BCUT2D eigenvalue weighted by atomic mass is 16.5. The molecule has 0 aliphatic carbocycles. The van der Waals surface area contributed by atoms with Gasteiger partial charge in [-0.15, -0.1) is 0 Å². The van der Waals surface area contributed by atoms with Crippen molar-refractivity contribution in [3.63, 3.8) is 0 Å². The smallest absolute Gasteiger partial charge is 0.331 e. The van der Waals surface area contributed by atoms with Crippen LogP contribution in [0.4, 0.5) is 0 Å². The van der Waals surface area contributed by atoms with Crippen LogP contribution in [0.3, 0.4) is 0 Å². The summed E-state index contributed by atoms with van der Waals surface area (Å²) in [6, 6.07) is 16.9. The van der Waals surface area contributed by atoms with Crippen molar-refractivity contribution in [2.75, 3.05) is 26.3 Å². The zero-order chi connectivity index (χ0) is 21.8. The summed E-state index contributed by atoms with van der Waals surface area (Å²) in [5.41, 5.74) is 4.56. The molecule has 0 bridgehead atoms. The second kappa shape index (κ2) is 9.54. The molecule has 1 saturated heterocycles. The Morgan fingerprint density at radius 3 is 2.42 bits per heavy atom. The predicted molar refractivity (Wildman–Crippen MR) is 122 cm³/mol. The fraction of sp³-hybridized carbons (Fsp3) is 0.400. The largest absolute Gasteiger partial charge is 0.493 e. The molecule has 164 valence electrons. The van der Waals surface area contributed by atoms with Gasteiger partial charge in [-0.3, -0.25) is 14.0 Å². The molecular weight excluding hydrogens is 390 g/mol. The van der Waals surface area contributed by atoms with Gasteiger partial charge in [0.05, 0.1) is 26.0 Å². The quantitative estimate of drug-likeness (QED) is 0.634. The first kappa shape index (κ1) is 21.4. The molecule has 0 saturated carbocycles. The van der Waals surface area contributed by atoms with Crippen LogP contribution in [0.15, 0.2) is 59.5 Å². The zero-order valence-electron chi connectivity index (χ0n) is 18.3. The van der Waals surface area contributed by atoms with E-state index < -0.39 is 0 Å². The van der Waals surface area contributed by atoms with Gasteiger partial charge in [0.2, 0.25) is 5.88 Å². The van der Waals surface area contributed by atoms with Crippen LogP contribution in [0.2, 0.25) is 0 Å². The Bertz CT molecular complexity index is 1060. The molecular formula is C25H31N3O3. The Labute approximate surface area is 183 Å². The van der Waals surface area contributed by atoms with Crippen molar-refractivity contribution >= 4 is 0 Å². The van der Waals surface area contributed by atoms with Gasteiger partial charge in [0.25, 0.3) is 0 Å². The van der Waals surface area contributed by atoms with Crippen LogP contribution in [-0.4, -0.2) is 45.4 Å². The van der Waals surface area contributed by atoms with Crippen LogP contribution in [0.1, 0.15) is 25.0 Å². The fourth-order valence-electron chi connectivity index (χ4n) is 4.09. The van der Waals surface area contributed by atoms with Gasteiger partial charge in [-0.1, -0.05) is 62.4 Å². The lowest BCUT2D eigenvalue weighted by atomic mass is 9.98. The monoisotopic (exact) mass is 421 g/mol. The maximum Gasteiger partial charge on any atom is 0.331 e. The lowest BCUT2D eigenvalue weighted by Gasteiger charge is -2.27. The molecule has 0 unspecified atom stereocenters. The van der Waals surface area contributed by atoms with Crippen molar-refractivity contribution in [2.24, 2.45) is 5.92 Å². The van der Waals surface area contributed by atoms with Crippen molar-refractivity contribution in [3.8, 4) is 17.0 Å². The number of nitrogens with zero attached hydrogens (tertiary/aromatic N) is 3. The molecule has 1 fully saturated rings. The van der Waals surface area contributed by atoms with Gasteiger partial charge in [0.15, 0.2) is 0 Å². The summed E-state index contributed by atoms with van der Waals surface area (Å²) in [6.45, 7) is 9.44. The Hall–Kier alpha value is -2.83. The third-order valence-electron chi connectivity index (χ3n) is 5.71. The van der Waals surface area contributed by atoms with E-state index in [0.29, 0.717) is 13.1 Å². The van der Waals surface area contributed by atoms with E-state index in [1.165, 1.54) is 27.5 Å². The summed E-state index contributed by atoms with van der Waals surface area (Å²) < 4.78 is 8.47. The van der Waals surface area contributed by atoms with E-state index in [9.17, 15) is 9.90 Å². The van der Waals surface area contributed by atoms with Gasteiger partial charge < -0.3 is 9.84 Å². The van der Waals surface area contributed by atoms with E-state index in [-0.39, 0.29) is 17.5 Å². The van der Waals surface area contributed by atoms with E-state index in [1.807, 2.05) is 13.8 Å². The summed E-state index contributed by atoms with van der Waals surface area (Å²) in [4.78, 5) is 15.0. The fourth-order valence-corrected chi connectivity index (χ4v) is 4.09. The maximum atomic E-state index is 12.6. The Balaban J connectivity index is 1.51. The number of rotatable bonds is 7. The normalized spacial score (nSPS) is 14.9. The van der Waals surface area contributed by atoms with Crippen LogP contribution in [0.5, 0.6) is 5.88 Å². The molecule has 0 radical (unpaired) electrons. The van der Waals surface area contributed by atoms with Crippen LogP contribution in [-0.2, 0) is 24.4 Å². The number of hydrogen-bond acceptors (Lipinski definition) is 4. The van der Waals surface area contributed by atoms with Crippen molar-refractivity contribution < 1.29 is 9.84 Å². The highest BCUT2D eigenvalue weighted by molar-refractivity contribution is 5.67. The van der Waals surface area contributed by atoms with Crippen molar-refractivity contribution in [3.05, 3.63) is 76.3 Å². The van der Waals surface area contributed by atoms with Gasteiger partial charge in [0, 0.05) is 26.2 Å². The molecule has 2 heterocycles. The van der Waals surface area contributed by atoms with Crippen molar-refractivity contribution in [2.45, 2.75) is 33.5 Å². The zero-order valence-corrected chi connectivity index (χ0v) is 18.3. The maximum absolute atomic E-state index is 12.6. The summed E-state index contributed by atoms with van der Waals surface area (Å²) >= 11 is 0. The Kier molecular flexibility index (Phi) is 6.59. The summed E-state index contributed by atoms with van der Waals surface area (Å²) in [6.07, 6.45) is 1.52. The first-order valence-corrected chi connectivity index (χ1v) is 11.0. The average molecular weight is 422 g/mol. The number of ether oxygens (including phenoxy) is 1. The molecule has 3 aromatic rings. The van der Waals surface area contributed by atoms with Crippen molar-refractivity contribution in [1.29, 1.82) is 0 Å². The molecule has 1 aliphatic rings. The first-order valence-electron chi connectivity index (χ1n) is 11.0. The minimum absolute atomic E-state index is 0.0207. The molecule has 1 aromatic heterocycles. The van der Waals surface area contributed by atoms with E-state index in [0.717, 1.165) is 38.4 Å². The second-order valence-electron chi connectivity index (χ2n) is 8.64. The van der Waals surface area contributed by atoms with E-state index in [1.54, 1.807) is 4.57 Å². The number of hydrogen-bond donors (Lipinski definition) is 1. The molecule has 6 heteroatoms.